The van der Waals surface area contributed by atoms with Crippen molar-refractivity contribution in [2.24, 2.45) is 0 Å². The van der Waals surface area contributed by atoms with E-state index in [1.54, 1.807) is 31.0 Å². The zero-order chi connectivity index (χ0) is 21.8. The maximum absolute atomic E-state index is 12.9. The molecule has 8 heteroatoms. The third-order valence-corrected chi connectivity index (χ3v) is 4.90. The average Bonchev–Trinajstić information content (AvgIpc) is 2.75. The van der Waals surface area contributed by atoms with Gasteiger partial charge in [-0.2, -0.15) is 0 Å². The molecule has 1 amide bonds. The first-order valence-corrected chi connectivity index (χ1v) is 9.52. The lowest BCUT2D eigenvalue weighted by Crippen LogP contribution is -2.34. The maximum atomic E-state index is 12.9. The predicted octanol–water partition coefficient (Wildman–Crippen LogP) is 3.31. The summed E-state index contributed by atoms with van der Waals surface area (Å²) in [6.45, 7) is 2.51. The second-order valence-corrected chi connectivity index (χ2v) is 6.61. The number of carbonyl (C=O) groups excluding carboxylic acids is 2. The molecule has 8 nitrogen and oxygen atoms in total. The monoisotopic (exact) mass is 415 g/mol. The van der Waals surface area contributed by atoms with E-state index in [2.05, 4.69) is 0 Å². The lowest BCUT2D eigenvalue weighted by molar-refractivity contribution is 0.0522. The van der Waals surface area contributed by atoms with Gasteiger partial charge >= 0.3 is 5.97 Å². The first-order valence-electron chi connectivity index (χ1n) is 9.52. The molecule has 0 unspecified atom stereocenters. The van der Waals surface area contributed by atoms with E-state index in [0.29, 0.717) is 30.0 Å². The van der Waals surface area contributed by atoms with Crippen LogP contribution in [-0.2, 0) is 11.2 Å². The third-order valence-electron chi connectivity index (χ3n) is 4.90. The molecule has 0 saturated carbocycles. The Morgan fingerprint density at radius 3 is 2.27 bits per heavy atom. The normalized spacial score (nSPS) is 12.8. The number of nitrogens with zero attached hydrogens (tertiary/aromatic N) is 1. The number of amides is 1. The van der Waals surface area contributed by atoms with Gasteiger partial charge in [-0.15, -0.1) is 0 Å². The van der Waals surface area contributed by atoms with E-state index < -0.39 is 5.97 Å². The molecule has 0 saturated heterocycles. The van der Waals surface area contributed by atoms with Crippen molar-refractivity contribution < 1.29 is 33.3 Å². The highest BCUT2D eigenvalue weighted by Crippen LogP contribution is 2.46. The van der Waals surface area contributed by atoms with Crippen LogP contribution in [0, 0.1) is 0 Å². The van der Waals surface area contributed by atoms with Crippen LogP contribution < -0.4 is 18.9 Å². The lowest BCUT2D eigenvalue weighted by Gasteiger charge is -2.27. The van der Waals surface area contributed by atoms with Crippen LogP contribution >= 0.6 is 0 Å². The van der Waals surface area contributed by atoms with Crippen LogP contribution in [0.25, 0.3) is 0 Å². The highest BCUT2D eigenvalue weighted by Gasteiger charge is 2.31. The molecule has 0 N–H and O–H groups in total. The zero-order valence-corrected chi connectivity index (χ0v) is 17.7. The molecule has 1 heterocycles. The second-order valence-electron chi connectivity index (χ2n) is 6.61. The van der Waals surface area contributed by atoms with Gasteiger partial charge in [0.1, 0.15) is 5.56 Å². The summed E-state index contributed by atoms with van der Waals surface area (Å²) in [5.74, 6) is 0.459. The zero-order valence-electron chi connectivity index (χ0n) is 17.7. The predicted molar refractivity (Wildman–Crippen MR) is 109 cm³/mol. The van der Waals surface area contributed by atoms with Crippen molar-refractivity contribution in [2.75, 3.05) is 41.5 Å². The molecule has 160 valence electrons. The van der Waals surface area contributed by atoms with Crippen molar-refractivity contribution in [1.29, 1.82) is 0 Å². The standard InChI is InChI=1S/C22H25NO7/c1-6-29-22(25)14-8-10-16(27-4)20(28-5)18(14)30-19-15(26-3)9-7-13-11-12-23(2)21(24)17(13)19/h7-10H,6,11-12H2,1-5H3. The van der Waals surface area contributed by atoms with E-state index in [4.69, 9.17) is 23.7 Å². The number of hydrogen-bond donors (Lipinski definition) is 0. The molecule has 0 bridgehead atoms. The van der Waals surface area contributed by atoms with Crippen molar-refractivity contribution in [3.05, 3.63) is 41.0 Å². The van der Waals surface area contributed by atoms with E-state index in [-0.39, 0.29) is 35.3 Å². The van der Waals surface area contributed by atoms with Crippen LogP contribution in [0.2, 0.25) is 0 Å². The molecule has 2 aromatic rings. The van der Waals surface area contributed by atoms with Gasteiger partial charge in [0.15, 0.2) is 23.0 Å². The van der Waals surface area contributed by atoms with Crippen LogP contribution in [0.15, 0.2) is 24.3 Å². The Kier molecular flexibility index (Phi) is 6.34. The topological polar surface area (TPSA) is 83.5 Å². The minimum absolute atomic E-state index is 0.0861. The number of fused-ring (bicyclic) bond motifs is 1. The van der Waals surface area contributed by atoms with Gasteiger partial charge in [-0.3, -0.25) is 4.79 Å². The van der Waals surface area contributed by atoms with Crippen LogP contribution in [0.1, 0.15) is 33.2 Å². The van der Waals surface area contributed by atoms with E-state index in [1.807, 2.05) is 6.07 Å². The molecule has 0 atom stereocenters. The number of ether oxygens (including phenoxy) is 5. The maximum Gasteiger partial charge on any atom is 0.342 e. The minimum Gasteiger partial charge on any atom is -0.493 e. The molecular formula is C22H25NO7. The molecule has 1 aliphatic heterocycles. The average molecular weight is 415 g/mol. The summed E-state index contributed by atoms with van der Waals surface area (Å²) in [6, 6.07) is 6.71. The van der Waals surface area contributed by atoms with Crippen molar-refractivity contribution in [2.45, 2.75) is 13.3 Å². The molecule has 0 spiro atoms. The fraction of sp³-hybridized carbons (Fsp3) is 0.364. The van der Waals surface area contributed by atoms with Gasteiger partial charge < -0.3 is 28.6 Å². The van der Waals surface area contributed by atoms with E-state index in [9.17, 15) is 9.59 Å². The quantitative estimate of drug-likeness (QED) is 0.642. The third kappa shape index (κ3) is 3.72. The molecule has 1 aliphatic rings. The summed E-state index contributed by atoms with van der Waals surface area (Å²) in [6.07, 6.45) is 0.678. The van der Waals surface area contributed by atoms with Crippen molar-refractivity contribution in [3.8, 4) is 28.7 Å². The van der Waals surface area contributed by atoms with E-state index >= 15 is 0 Å². The van der Waals surface area contributed by atoms with Gasteiger partial charge in [-0.1, -0.05) is 6.07 Å². The Morgan fingerprint density at radius 2 is 1.63 bits per heavy atom. The number of likely N-dealkylation sites (N-methyl/N-ethyl adjacent to an activating group) is 1. The van der Waals surface area contributed by atoms with E-state index in [1.165, 1.54) is 27.4 Å². The number of benzene rings is 2. The highest BCUT2D eigenvalue weighted by atomic mass is 16.6. The number of hydrogen-bond acceptors (Lipinski definition) is 7. The second kappa shape index (κ2) is 8.94. The molecule has 0 radical (unpaired) electrons. The van der Waals surface area contributed by atoms with Crippen LogP contribution in [0.4, 0.5) is 0 Å². The molecule has 2 aromatic carbocycles. The van der Waals surface area contributed by atoms with Gasteiger partial charge in [0, 0.05) is 13.6 Å². The highest BCUT2D eigenvalue weighted by molar-refractivity contribution is 6.01. The molecule has 3 rings (SSSR count). The van der Waals surface area contributed by atoms with Gasteiger partial charge in [-0.05, 0) is 37.1 Å². The number of rotatable bonds is 7. The molecule has 0 aromatic heterocycles. The Morgan fingerprint density at radius 1 is 0.967 bits per heavy atom. The lowest BCUT2D eigenvalue weighted by atomic mass is 9.97. The van der Waals surface area contributed by atoms with Gasteiger partial charge in [-0.25, -0.2) is 4.79 Å². The molecule has 30 heavy (non-hydrogen) atoms. The van der Waals surface area contributed by atoms with Crippen molar-refractivity contribution >= 4 is 11.9 Å². The van der Waals surface area contributed by atoms with Gasteiger partial charge in [0.2, 0.25) is 5.75 Å². The molecular weight excluding hydrogens is 390 g/mol. The SMILES string of the molecule is CCOC(=O)c1ccc(OC)c(OC)c1Oc1c(OC)ccc2c1C(=O)N(C)CC2. The fourth-order valence-corrected chi connectivity index (χ4v) is 3.36. The first kappa shape index (κ1) is 21.3. The van der Waals surface area contributed by atoms with Crippen LogP contribution in [0.5, 0.6) is 28.7 Å². The van der Waals surface area contributed by atoms with Crippen LogP contribution in [0.3, 0.4) is 0 Å². The Bertz CT molecular complexity index is 970. The Labute approximate surface area is 175 Å². The summed E-state index contributed by atoms with van der Waals surface area (Å²) in [4.78, 5) is 27.1. The number of methoxy groups -OCH3 is 3. The van der Waals surface area contributed by atoms with E-state index in [0.717, 1.165) is 5.56 Å². The first-order chi connectivity index (χ1) is 14.5. The van der Waals surface area contributed by atoms with Gasteiger partial charge in [0.05, 0.1) is 33.5 Å². The number of esters is 1. The summed E-state index contributed by atoms with van der Waals surface area (Å²) in [7, 11) is 6.14. The largest absolute Gasteiger partial charge is 0.493 e. The summed E-state index contributed by atoms with van der Waals surface area (Å²) < 4.78 is 27.7. The molecule has 0 aliphatic carbocycles. The van der Waals surface area contributed by atoms with Crippen molar-refractivity contribution in [1.82, 2.24) is 4.90 Å². The summed E-state index contributed by atoms with van der Waals surface area (Å²) in [5.41, 5.74) is 1.38. The fourth-order valence-electron chi connectivity index (χ4n) is 3.36. The van der Waals surface area contributed by atoms with Gasteiger partial charge in [0.25, 0.3) is 5.91 Å². The summed E-state index contributed by atoms with van der Waals surface area (Å²) in [5, 5.41) is 0. The smallest absolute Gasteiger partial charge is 0.342 e. The summed E-state index contributed by atoms with van der Waals surface area (Å²) >= 11 is 0. The Hall–Kier alpha value is -3.42. The van der Waals surface area contributed by atoms with Crippen molar-refractivity contribution in [3.63, 3.8) is 0 Å². The Balaban J connectivity index is 2.23. The molecule has 0 fully saturated rings. The minimum atomic E-state index is -0.583. The van der Waals surface area contributed by atoms with Crippen LogP contribution in [-0.4, -0.2) is 58.3 Å². The number of carbonyl (C=O) groups is 2.